The van der Waals surface area contributed by atoms with E-state index in [1.807, 2.05) is 43.3 Å². The molecule has 0 radical (unpaired) electrons. The molecule has 2 heterocycles. The van der Waals surface area contributed by atoms with E-state index >= 15 is 0 Å². The smallest absolute Gasteiger partial charge is 0.262 e. The van der Waals surface area contributed by atoms with Crippen LogP contribution in [0.4, 0.5) is 10.8 Å². The second kappa shape index (κ2) is 9.90. The average molecular weight is 471 g/mol. The number of ether oxygens (including phenoxy) is 1. The number of aromatic nitrogens is 2. The van der Waals surface area contributed by atoms with Gasteiger partial charge in [-0.2, -0.15) is 0 Å². The Hall–Kier alpha value is -2.95. The molecule has 0 aliphatic carbocycles. The Bertz CT molecular complexity index is 1190. The van der Waals surface area contributed by atoms with E-state index < -0.39 is 0 Å². The van der Waals surface area contributed by atoms with Crippen molar-refractivity contribution >= 4 is 67.3 Å². The van der Waals surface area contributed by atoms with Crippen LogP contribution in [-0.2, 0) is 9.59 Å². The van der Waals surface area contributed by atoms with Crippen LogP contribution in [-0.4, -0.2) is 34.1 Å². The van der Waals surface area contributed by atoms with Gasteiger partial charge in [0.25, 0.3) is 5.91 Å². The number of fused-ring (bicyclic) bond motifs is 1. The number of carbonyl (C=O) groups is 2. The van der Waals surface area contributed by atoms with Gasteiger partial charge in [-0.25, -0.2) is 9.97 Å². The molecule has 2 aromatic heterocycles. The molecule has 2 aromatic carbocycles. The largest absolute Gasteiger partial charge is 0.484 e. The zero-order chi connectivity index (χ0) is 21.6. The third-order valence-corrected chi connectivity index (χ3v) is 6.90. The van der Waals surface area contributed by atoms with Crippen molar-refractivity contribution in [3.05, 3.63) is 59.6 Å². The summed E-state index contributed by atoms with van der Waals surface area (Å²) in [5.74, 6) is 0.539. The van der Waals surface area contributed by atoms with E-state index in [0.717, 1.165) is 20.1 Å². The van der Waals surface area contributed by atoms with E-state index in [0.29, 0.717) is 16.6 Å². The van der Waals surface area contributed by atoms with Crippen molar-refractivity contribution < 1.29 is 14.3 Å². The highest BCUT2D eigenvalue weighted by molar-refractivity contribution is 8.01. The average Bonchev–Trinajstić information content (AvgIpc) is 3.41. The molecule has 0 spiro atoms. The van der Waals surface area contributed by atoms with Crippen molar-refractivity contribution in [2.24, 2.45) is 0 Å². The Morgan fingerprint density at radius 2 is 1.94 bits per heavy atom. The van der Waals surface area contributed by atoms with Crippen molar-refractivity contribution in [2.45, 2.75) is 11.3 Å². The summed E-state index contributed by atoms with van der Waals surface area (Å²) in [7, 11) is 0. The number of rotatable bonds is 8. The number of aryl methyl sites for hydroxylation is 1. The van der Waals surface area contributed by atoms with Gasteiger partial charge in [0.2, 0.25) is 5.91 Å². The summed E-state index contributed by atoms with van der Waals surface area (Å²) in [6.07, 6.45) is 1.64. The zero-order valence-corrected chi connectivity index (χ0v) is 18.9. The number of benzene rings is 2. The van der Waals surface area contributed by atoms with Gasteiger partial charge in [-0.05, 0) is 37.3 Å². The molecule has 0 unspecified atom stereocenters. The summed E-state index contributed by atoms with van der Waals surface area (Å²) in [5, 5.41) is 7.98. The maximum Gasteiger partial charge on any atom is 0.262 e. The fraction of sp³-hybridized carbons (Fsp3) is 0.143. The summed E-state index contributed by atoms with van der Waals surface area (Å²) in [6, 6.07) is 13.1. The Labute approximate surface area is 190 Å². The summed E-state index contributed by atoms with van der Waals surface area (Å²) in [6.45, 7) is 1.92. The lowest BCUT2D eigenvalue weighted by atomic mass is 10.2. The van der Waals surface area contributed by atoms with Crippen LogP contribution in [0.15, 0.2) is 58.4 Å². The highest BCUT2D eigenvalue weighted by atomic mass is 32.2. The van der Waals surface area contributed by atoms with Crippen LogP contribution in [0.25, 0.3) is 10.2 Å². The van der Waals surface area contributed by atoms with Gasteiger partial charge in [-0.15, -0.1) is 22.7 Å². The van der Waals surface area contributed by atoms with E-state index in [4.69, 9.17) is 4.74 Å². The van der Waals surface area contributed by atoms with Crippen LogP contribution in [0.3, 0.4) is 0 Å². The van der Waals surface area contributed by atoms with Gasteiger partial charge in [-0.1, -0.05) is 29.5 Å². The van der Waals surface area contributed by atoms with Gasteiger partial charge < -0.3 is 15.4 Å². The van der Waals surface area contributed by atoms with Crippen molar-refractivity contribution in [3.63, 3.8) is 0 Å². The minimum Gasteiger partial charge on any atom is -0.484 e. The molecule has 0 aliphatic rings. The molecule has 0 atom stereocenters. The first-order chi connectivity index (χ1) is 15.0. The highest BCUT2D eigenvalue weighted by Gasteiger charge is 2.11. The van der Waals surface area contributed by atoms with E-state index in [-0.39, 0.29) is 24.2 Å². The molecule has 7 nitrogen and oxygen atoms in total. The first-order valence-corrected chi connectivity index (χ1v) is 12.0. The maximum atomic E-state index is 12.2. The molecule has 0 fully saturated rings. The second-order valence-electron chi connectivity index (χ2n) is 6.49. The number of thiazole rings is 2. The molecular weight excluding hydrogens is 452 g/mol. The van der Waals surface area contributed by atoms with Crippen LogP contribution >= 0.6 is 34.4 Å². The predicted molar refractivity (Wildman–Crippen MR) is 126 cm³/mol. The Morgan fingerprint density at radius 3 is 2.71 bits per heavy atom. The van der Waals surface area contributed by atoms with Gasteiger partial charge in [0.05, 0.1) is 16.0 Å². The third-order valence-electron chi connectivity index (χ3n) is 4.05. The van der Waals surface area contributed by atoms with Crippen LogP contribution in [0, 0.1) is 6.92 Å². The van der Waals surface area contributed by atoms with Crippen molar-refractivity contribution in [1.29, 1.82) is 0 Å². The number of hydrogen-bond donors (Lipinski definition) is 2. The topological polar surface area (TPSA) is 93.2 Å². The molecule has 2 amide bonds. The number of anilines is 2. The Kier molecular flexibility index (Phi) is 6.80. The van der Waals surface area contributed by atoms with Crippen molar-refractivity contribution in [3.8, 4) is 5.75 Å². The molecule has 4 rings (SSSR count). The lowest BCUT2D eigenvalue weighted by molar-refractivity contribution is -0.118. The highest BCUT2D eigenvalue weighted by Crippen LogP contribution is 2.31. The van der Waals surface area contributed by atoms with Gasteiger partial charge in [0, 0.05) is 17.3 Å². The molecule has 0 saturated heterocycles. The normalized spacial score (nSPS) is 10.7. The van der Waals surface area contributed by atoms with Crippen LogP contribution in [0.2, 0.25) is 0 Å². The van der Waals surface area contributed by atoms with E-state index in [1.54, 1.807) is 17.6 Å². The third kappa shape index (κ3) is 6.03. The minimum absolute atomic E-state index is 0.0703. The van der Waals surface area contributed by atoms with Crippen molar-refractivity contribution in [2.75, 3.05) is 23.0 Å². The van der Waals surface area contributed by atoms with Crippen LogP contribution in [0.1, 0.15) is 5.56 Å². The van der Waals surface area contributed by atoms with Crippen molar-refractivity contribution in [1.82, 2.24) is 9.97 Å². The van der Waals surface area contributed by atoms with Crippen LogP contribution in [0.5, 0.6) is 5.75 Å². The molecule has 2 N–H and O–H groups in total. The van der Waals surface area contributed by atoms with Gasteiger partial charge >= 0.3 is 0 Å². The summed E-state index contributed by atoms with van der Waals surface area (Å²) >= 11 is 4.22. The first kappa shape index (κ1) is 21.3. The molecule has 4 aromatic rings. The molecule has 0 aliphatic heterocycles. The van der Waals surface area contributed by atoms with Gasteiger partial charge in [-0.3, -0.25) is 9.59 Å². The lowest BCUT2D eigenvalue weighted by Crippen LogP contribution is -2.20. The lowest BCUT2D eigenvalue weighted by Gasteiger charge is -2.07. The number of thioether (sulfide) groups is 1. The molecule has 158 valence electrons. The number of carbonyl (C=O) groups excluding carboxylic acids is 2. The minimum atomic E-state index is -0.238. The summed E-state index contributed by atoms with van der Waals surface area (Å²) in [4.78, 5) is 32.8. The van der Waals surface area contributed by atoms with Crippen LogP contribution < -0.4 is 15.4 Å². The van der Waals surface area contributed by atoms with E-state index in [9.17, 15) is 9.59 Å². The quantitative estimate of drug-likeness (QED) is 0.359. The second-order valence-corrected chi connectivity index (χ2v) is 9.63. The van der Waals surface area contributed by atoms with E-state index in [2.05, 4.69) is 20.6 Å². The fourth-order valence-electron chi connectivity index (χ4n) is 2.59. The van der Waals surface area contributed by atoms with Gasteiger partial charge in [0.1, 0.15) is 5.75 Å². The zero-order valence-electron chi connectivity index (χ0n) is 16.5. The monoisotopic (exact) mass is 470 g/mol. The molecule has 31 heavy (non-hydrogen) atoms. The Morgan fingerprint density at radius 1 is 1.10 bits per heavy atom. The molecule has 0 bridgehead atoms. The number of nitrogens with one attached hydrogen (secondary N) is 2. The SMILES string of the molecule is Cc1ccc(OCC(=O)Nc2ccc3nc(SCC(=O)Nc4nccs4)sc3c2)cc1. The number of hydrogen-bond acceptors (Lipinski definition) is 8. The summed E-state index contributed by atoms with van der Waals surface area (Å²) < 4.78 is 7.23. The maximum absolute atomic E-state index is 12.2. The number of amides is 2. The Balaban J connectivity index is 1.31. The standard InChI is InChI=1S/C21H18N4O3S3/c1-13-2-5-15(6-3-13)28-11-18(26)23-14-4-7-16-17(10-14)31-21(24-16)30-12-19(27)25-20-22-8-9-29-20/h2-10H,11-12H2,1H3,(H,23,26)(H,22,25,27). The fourth-order valence-corrected chi connectivity index (χ4v) is 5.04. The number of nitrogens with zero attached hydrogens (tertiary/aromatic N) is 2. The molecule has 10 heteroatoms. The first-order valence-electron chi connectivity index (χ1n) is 9.27. The summed E-state index contributed by atoms with van der Waals surface area (Å²) in [5.41, 5.74) is 2.63. The van der Waals surface area contributed by atoms with Gasteiger partial charge in [0.15, 0.2) is 16.1 Å². The predicted octanol–water partition coefficient (Wildman–Crippen LogP) is 4.81. The molecular formula is C21H18N4O3S3. The van der Waals surface area contributed by atoms with E-state index in [1.165, 1.54) is 34.4 Å². The molecule has 0 saturated carbocycles.